The number of likely N-dealkylation sites (tertiary alicyclic amines) is 1. The molecule has 1 aliphatic carbocycles. The molecule has 0 unspecified atom stereocenters. The molecule has 0 bridgehead atoms. The van der Waals surface area contributed by atoms with Crippen LogP contribution in [0.1, 0.15) is 36.0 Å². The molecule has 2 fully saturated rings. The highest BCUT2D eigenvalue weighted by atomic mass is 19.1. The standard InChI is InChI=1S/C17H20F2N2O2/c18-14-6-13(7-15(19)8-14)17(23)21-5-1-2-12(10-21)16(22)20-9-11-3-4-11/h6-8,11-12H,1-5,9-10H2,(H,20,22)/t12-/m1/s1. The molecule has 1 aromatic rings. The maximum Gasteiger partial charge on any atom is 0.254 e. The molecular weight excluding hydrogens is 302 g/mol. The van der Waals surface area contributed by atoms with Crippen LogP contribution in [0, 0.1) is 23.5 Å². The molecule has 2 amide bonds. The Labute approximate surface area is 133 Å². The molecule has 2 aliphatic rings. The number of nitrogens with zero attached hydrogens (tertiary/aromatic N) is 1. The van der Waals surface area contributed by atoms with Crippen molar-refractivity contribution in [2.45, 2.75) is 25.7 Å². The minimum absolute atomic E-state index is 0.0125. The summed E-state index contributed by atoms with van der Waals surface area (Å²) in [5.41, 5.74) is -0.0125. The molecule has 1 heterocycles. The fraction of sp³-hybridized carbons (Fsp3) is 0.529. The van der Waals surface area contributed by atoms with Gasteiger partial charge in [-0.3, -0.25) is 9.59 Å². The SMILES string of the molecule is O=C(NCC1CC1)[C@@H]1CCCN(C(=O)c2cc(F)cc(F)c2)C1. The van der Waals surface area contributed by atoms with Crippen molar-refractivity contribution >= 4 is 11.8 Å². The molecule has 124 valence electrons. The summed E-state index contributed by atoms with van der Waals surface area (Å²) in [6.45, 7) is 1.51. The Kier molecular flexibility index (Phi) is 4.59. The molecule has 1 N–H and O–H groups in total. The van der Waals surface area contributed by atoms with E-state index in [4.69, 9.17) is 0 Å². The molecule has 6 heteroatoms. The first-order valence-corrected chi connectivity index (χ1v) is 8.06. The molecule has 3 rings (SSSR count). The van der Waals surface area contributed by atoms with E-state index in [2.05, 4.69) is 5.32 Å². The molecule has 1 aliphatic heterocycles. The molecule has 23 heavy (non-hydrogen) atoms. The highest BCUT2D eigenvalue weighted by Crippen LogP contribution is 2.28. The van der Waals surface area contributed by atoms with Crippen molar-refractivity contribution in [1.82, 2.24) is 10.2 Å². The summed E-state index contributed by atoms with van der Waals surface area (Å²) in [6, 6.07) is 2.80. The molecule has 1 atom stereocenters. The number of benzene rings is 1. The zero-order valence-electron chi connectivity index (χ0n) is 12.9. The van der Waals surface area contributed by atoms with Gasteiger partial charge in [-0.15, -0.1) is 0 Å². The van der Waals surface area contributed by atoms with Gasteiger partial charge in [-0.25, -0.2) is 8.78 Å². The first-order valence-electron chi connectivity index (χ1n) is 8.06. The number of amides is 2. The summed E-state index contributed by atoms with van der Waals surface area (Å²) in [5, 5.41) is 2.93. The fourth-order valence-electron chi connectivity index (χ4n) is 2.95. The molecule has 0 spiro atoms. The first-order chi connectivity index (χ1) is 11.0. The van der Waals surface area contributed by atoms with Crippen LogP contribution >= 0.6 is 0 Å². The van der Waals surface area contributed by atoms with Gasteiger partial charge in [-0.1, -0.05) is 0 Å². The average Bonchev–Trinajstić information content (AvgIpc) is 3.35. The van der Waals surface area contributed by atoms with Crippen LogP contribution < -0.4 is 5.32 Å². The van der Waals surface area contributed by atoms with E-state index in [0.717, 1.165) is 24.6 Å². The van der Waals surface area contributed by atoms with Gasteiger partial charge >= 0.3 is 0 Å². The molecule has 1 saturated carbocycles. The van der Waals surface area contributed by atoms with Crippen LogP contribution in [-0.4, -0.2) is 36.3 Å². The Balaban J connectivity index is 1.62. The van der Waals surface area contributed by atoms with Crippen molar-refractivity contribution in [1.29, 1.82) is 0 Å². The predicted octanol–water partition coefficient (Wildman–Crippen LogP) is 2.34. The van der Waals surface area contributed by atoms with Crippen LogP contribution in [0.3, 0.4) is 0 Å². The fourth-order valence-corrected chi connectivity index (χ4v) is 2.95. The van der Waals surface area contributed by atoms with Crippen molar-refractivity contribution in [2.24, 2.45) is 11.8 Å². The van der Waals surface area contributed by atoms with E-state index in [9.17, 15) is 18.4 Å². The van der Waals surface area contributed by atoms with Crippen LogP contribution in [0.2, 0.25) is 0 Å². The Hall–Kier alpha value is -1.98. The minimum atomic E-state index is -0.774. The van der Waals surface area contributed by atoms with Crippen molar-refractivity contribution in [3.05, 3.63) is 35.4 Å². The summed E-state index contributed by atoms with van der Waals surface area (Å²) in [6.07, 6.45) is 3.78. The quantitative estimate of drug-likeness (QED) is 0.925. The van der Waals surface area contributed by atoms with Gasteiger partial charge in [0.05, 0.1) is 5.92 Å². The number of rotatable bonds is 4. The Morgan fingerprint density at radius 1 is 1.13 bits per heavy atom. The predicted molar refractivity (Wildman–Crippen MR) is 80.7 cm³/mol. The minimum Gasteiger partial charge on any atom is -0.356 e. The van der Waals surface area contributed by atoms with Gasteiger partial charge in [0, 0.05) is 31.3 Å². The smallest absolute Gasteiger partial charge is 0.254 e. The Morgan fingerprint density at radius 2 is 1.83 bits per heavy atom. The summed E-state index contributed by atoms with van der Waals surface area (Å²) in [5.74, 6) is -1.64. The summed E-state index contributed by atoms with van der Waals surface area (Å²) in [4.78, 5) is 26.1. The zero-order chi connectivity index (χ0) is 16.4. The van der Waals surface area contributed by atoms with Gasteiger partial charge in [-0.2, -0.15) is 0 Å². The van der Waals surface area contributed by atoms with E-state index in [1.54, 1.807) is 0 Å². The van der Waals surface area contributed by atoms with Crippen LogP contribution in [0.15, 0.2) is 18.2 Å². The van der Waals surface area contributed by atoms with E-state index in [1.165, 1.54) is 17.7 Å². The third-order valence-corrected chi connectivity index (χ3v) is 4.45. The lowest BCUT2D eigenvalue weighted by Gasteiger charge is -2.32. The first kappa shape index (κ1) is 15.9. The Morgan fingerprint density at radius 3 is 2.48 bits per heavy atom. The van der Waals surface area contributed by atoms with Crippen LogP contribution in [0.25, 0.3) is 0 Å². The molecule has 0 aromatic heterocycles. The number of nitrogens with one attached hydrogen (secondary N) is 1. The third-order valence-electron chi connectivity index (χ3n) is 4.45. The van der Waals surface area contributed by atoms with Gasteiger partial charge in [-0.05, 0) is 43.7 Å². The maximum absolute atomic E-state index is 13.3. The second kappa shape index (κ2) is 6.64. The lowest BCUT2D eigenvalue weighted by atomic mass is 9.96. The van der Waals surface area contributed by atoms with Crippen LogP contribution in [-0.2, 0) is 4.79 Å². The number of piperidine rings is 1. The molecular formula is C17H20F2N2O2. The Bertz CT molecular complexity index is 596. The number of halogens is 2. The average molecular weight is 322 g/mol. The van der Waals surface area contributed by atoms with E-state index < -0.39 is 17.5 Å². The second-order valence-electron chi connectivity index (χ2n) is 6.44. The maximum atomic E-state index is 13.3. The van der Waals surface area contributed by atoms with Gasteiger partial charge < -0.3 is 10.2 Å². The number of carbonyl (C=O) groups excluding carboxylic acids is 2. The molecule has 4 nitrogen and oxygen atoms in total. The highest BCUT2D eigenvalue weighted by molar-refractivity contribution is 5.94. The summed E-state index contributed by atoms with van der Waals surface area (Å²) >= 11 is 0. The van der Waals surface area contributed by atoms with Gasteiger partial charge in [0.2, 0.25) is 5.91 Å². The van der Waals surface area contributed by atoms with Gasteiger partial charge in [0.25, 0.3) is 5.91 Å². The van der Waals surface area contributed by atoms with E-state index in [1.807, 2.05) is 0 Å². The monoisotopic (exact) mass is 322 g/mol. The van der Waals surface area contributed by atoms with Crippen LogP contribution in [0.4, 0.5) is 8.78 Å². The second-order valence-corrected chi connectivity index (χ2v) is 6.44. The van der Waals surface area contributed by atoms with Crippen molar-refractivity contribution < 1.29 is 18.4 Å². The van der Waals surface area contributed by atoms with E-state index in [-0.39, 0.29) is 17.4 Å². The lowest BCUT2D eigenvalue weighted by molar-refractivity contribution is -0.126. The normalized spacial score (nSPS) is 21.1. The lowest BCUT2D eigenvalue weighted by Crippen LogP contribution is -2.45. The largest absolute Gasteiger partial charge is 0.356 e. The number of hydrogen-bond donors (Lipinski definition) is 1. The van der Waals surface area contributed by atoms with E-state index in [0.29, 0.717) is 32.0 Å². The van der Waals surface area contributed by atoms with Crippen molar-refractivity contribution in [3.63, 3.8) is 0 Å². The molecule has 1 saturated heterocycles. The van der Waals surface area contributed by atoms with Gasteiger partial charge in [0.1, 0.15) is 11.6 Å². The summed E-state index contributed by atoms with van der Waals surface area (Å²) in [7, 11) is 0. The van der Waals surface area contributed by atoms with E-state index >= 15 is 0 Å². The molecule has 1 aromatic carbocycles. The highest BCUT2D eigenvalue weighted by Gasteiger charge is 2.30. The molecule has 0 radical (unpaired) electrons. The van der Waals surface area contributed by atoms with Gasteiger partial charge in [0.15, 0.2) is 0 Å². The number of hydrogen-bond acceptors (Lipinski definition) is 2. The van der Waals surface area contributed by atoms with Crippen molar-refractivity contribution in [3.8, 4) is 0 Å². The zero-order valence-corrected chi connectivity index (χ0v) is 12.9. The third kappa shape index (κ3) is 4.06. The number of carbonyl (C=O) groups is 2. The summed E-state index contributed by atoms with van der Waals surface area (Å²) < 4.78 is 26.5. The van der Waals surface area contributed by atoms with Crippen LogP contribution in [0.5, 0.6) is 0 Å². The van der Waals surface area contributed by atoms with Crippen molar-refractivity contribution in [2.75, 3.05) is 19.6 Å². The topological polar surface area (TPSA) is 49.4 Å².